The predicted molar refractivity (Wildman–Crippen MR) is 130 cm³/mol. The zero-order chi connectivity index (χ0) is 25.9. The molecule has 0 aliphatic heterocycles. The van der Waals surface area contributed by atoms with Crippen molar-refractivity contribution in [3.05, 3.63) is 29.3 Å². The lowest BCUT2D eigenvalue weighted by Crippen LogP contribution is -2.54. The van der Waals surface area contributed by atoms with Gasteiger partial charge in [-0.3, -0.25) is 9.59 Å². The van der Waals surface area contributed by atoms with Crippen molar-refractivity contribution in [3.63, 3.8) is 0 Å². The van der Waals surface area contributed by atoms with Crippen molar-refractivity contribution in [3.8, 4) is 5.75 Å². The molecular weight excluding hydrogens is 438 g/mol. The van der Waals surface area contributed by atoms with Gasteiger partial charge in [-0.05, 0) is 63.8 Å². The molecule has 9 nitrogen and oxygen atoms in total. The number of nitrogens with zero attached hydrogens (tertiary/aromatic N) is 1. The Bertz CT molecular complexity index is 821. The zero-order valence-electron chi connectivity index (χ0n) is 21.3. The summed E-state index contributed by atoms with van der Waals surface area (Å²) in [4.78, 5) is 40.4. The van der Waals surface area contributed by atoms with Crippen LogP contribution in [0.3, 0.4) is 0 Å². The van der Waals surface area contributed by atoms with Crippen molar-refractivity contribution in [1.29, 1.82) is 0 Å². The van der Waals surface area contributed by atoms with Gasteiger partial charge in [0.25, 0.3) is 0 Å². The van der Waals surface area contributed by atoms with E-state index in [4.69, 9.17) is 4.74 Å². The first kappa shape index (κ1) is 29.2. The van der Waals surface area contributed by atoms with E-state index in [0.29, 0.717) is 24.1 Å². The number of benzene rings is 1. The molecule has 1 rings (SSSR count). The molecule has 0 aromatic heterocycles. The van der Waals surface area contributed by atoms with E-state index in [9.17, 15) is 24.6 Å². The summed E-state index contributed by atoms with van der Waals surface area (Å²) in [6.45, 7) is 10.8. The second kappa shape index (κ2) is 13.8. The van der Waals surface area contributed by atoms with Crippen LogP contribution in [0.2, 0.25) is 0 Å². The third kappa shape index (κ3) is 9.21. The van der Waals surface area contributed by atoms with Gasteiger partial charge in [-0.25, -0.2) is 4.79 Å². The minimum absolute atomic E-state index is 0.0825. The molecule has 2 atom stereocenters. The molecule has 3 amide bonds. The fourth-order valence-electron chi connectivity index (χ4n) is 3.45. The van der Waals surface area contributed by atoms with Crippen LogP contribution in [0.5, 0.6) is 5.75 Å². The Kier molecular flexibility index (Phi) is 11.9. The molecular formula is C25H41N3O6. The second-order valence-corrected chi connectivity index (χ2v) is 9.36. The van der Waals surface area contributed by atoms with E-state index >= 15 is 0 Å². The lowest BCUT2D eigenvalue weighted by Gasteiger charge is -2.34. The number of hydrogen-bond donors (Lipinski definition) is 4. The van der Waals surface area contributed by atoms with Crippen LogP contribution in [-0.2, 0) is 14.3 Å². The summed E-state index contributed by atoms with van der Waals surface area (Å²) >= 11 is 0. The molecule has 2 unspecified atom stereocenters. The molecule has 0 aliphatic carbocycles. The highest BCUT2D eigenvalue weighted by Gasteiger charge is 2.35. The molecule has 0 fully saturated rings. The summed E-state index contributed by atoms with van der Waals surface area (Å²) in [6.07, 6.45) is 2.49. The Morgan fingerprint density at radius 2 is 1.79 bits per heavy atom. The maximum Gasteiger partial charge on any atom is 0.408 e. The highest BCUT2D eigenvalue weighted by atomic mass is 16.6. The number of aliphatic hydroxyl groups is 1. The molecule has 4 N–H and O–H groups in total. The summed E-state index contributed by atoms with van der Waals surface area (Å²) in [6, 6.07) is 2.47. The number of unbranched alkanes of at least 4 members (excludes halogenated alkanes) is 2. The minimum atomic E-state index is -1.28. The number of aromatic hydroxyl groups is 1. The summed E-state index contributed by atoms with van der Waals surface area (Å²) in [7, 11) is 0. The molecule has 0 saturated carbocycles. The molecule has 192 valence electrons. The van der Waals surface area contributed by atoms with Crippen molar-refractivity contribution in [2.24, 2.45) is 0 Å². The Hall–Kier alpha value is -2.81. The van der Waals surface area contributed by atoms with E-state index in [0.717, 1.165) is 19.3 Å². The number of amides is 3. The molecule has 0 aliphatic rings. The Balaban J connectivity index is 3.29. The second-order valence-electron chi connectivity index (χ2n) is 9.36. The predicted octanol–water partition coefficient (Wildman–Crippen LogP) is 3.17. The van der Waals surface area contributed by atoms with Crippen LogP contribution in [0.15, 0.2) is 18.2 Å². The molecule has 0 radical (unpaired) electrons. The van der Waals surface area contributed by atoms with Gasteiger partial charge in [0.1, 0.15) is 23.4 Å². The molecule has 0 saturated heterocycles. The van der Waals surface area contributed by atoms with Gasteiger partial charge in [0.2, 0.25) is 11.8 Å². The average molecular weight is 480 g/mol. The van der Waals surface area contributed by atoms with Crippen LogP contribution in [0.1, 0.15) is 77.5 Å². The molecule has 1 aromatic carbocycles. The maximum atomic E-state index is 13.5. The normalized spacial score (nSPS) is 13.0. The van der Waals surface area contributed by atoms with E-state index in [1.54, 1.807) is 39.8 Å². The van der Waals surface area contributed by atoms with Gasteiger partial charge in [0.05, 0.1) is 6.61 Å². The lowest BCUT2D eigenvalue weighted by atomic mass is 10.00. The van der Waals surface area contributed by atoms with Gasteiger partial charge in [0, 0.05) is 13.1 Å². The average Bonchev–Trinajstić information content (AvgIpc) is 2.75. The third-order valence-electron chi connectivity index (χ3n) is 5.10. The molecule has 9 heteroatoms. The number of carbonyl (C=O) groups is 3. The summed E-state index contributed by atoms with van der Waals surface area (Å²) in [5, 5.41) is 25.2. The van der Waals surface area contributed by atoms with E-state index in [1.807, 2.05) is 6.92 Å². The molecule has 0 heterocycles. The van der Waals surface area contributed by atoms with E-state index in [1.165, 1.54) is 11.0 Å². The van der Waals surface area contributed by atoms with Crippen LogP contribution in [0.25, 0.3) is 0 Å². The van der Waals surface area contributed by atoms with Crippen LogP contribution in [0, 0.1) is 6.92 Å². The summed E-state index contributed by atoms with van der Waals surface area (Å²) in [5.74, 6) is -0.884. The van der Waals surface area contributed by atoms with Crippen molar-refractivity contribution in [2.75, 3.05) is 19.7 Å². The molecule has 1 aromatic rings. The van der Waals surface area contributed by atoms with Crippen molar-refractivity contribution in [2.45, 2.75) is 84.9 Å². The quantitative estimate of drug-likeness (QED) is 0.341. The number of ether oxygens (including phenoxy) is 1. The maximum absolute atomic E-state index is 13.5. The van der Waals surface area contributed by atoms with Crippen LogP contribution < -0.4 is 10.6 Å². The van der Waals surface area contributed by atoms with Gasteiger partial charge < -0.3 is 30.5 Å². The number of nitrogens with one attached hydrogen (secondary N) is 2. The molecule has 34 heavy (non-hydrogen) atoms. The number of phenols is 1. The van der Waals surface area contributed by atoms with Gasteiger partial charge >= 0.3 is 6.09 Å². The van der Waals surface area contributed by atoms with Crippen LogP contribution in [0.4, 0.5) is 4.79 Å². The largest absolute Gasteiger partial charge is 0.508 e. The number of alkyl carbamates (subject to hydrolysis) is 1. The topological polar surface area (TPSA) is 128 Å². The first-order chi connectivity index (χ1) is 15.9. The SMILES string of the molecule is CCCCCNC(=O)C(c1ccc(O)c(C)c1)N(CCC)C(=O)C(CO)NC(=O)OC(C)(C)C. The highest BCUT2D eigenvalue weighted by Crippen LogP contribution is 2.27. The number of phenolic OH excluding ortho intramolecular Hbond substituents is 1. The van der Waals surface area contributed by atoms with Gasteiger partial charge in [-0.2, -0.15) is 0 Å². The zero-order valence-corrected chi connectivity index (χ0v) is 21.3. The first-order valence-electron chi connectivity index (χ1n) is 11.9. The smallest absolute Gasteiger partial charge is 0.408 e. The van der Waals surface area contributed by atoms with Crippen molar-refractivity contribution < 1.29 is 29.3 Å². The highest BCUT2D eigenvalue weighted by molar-refractivity contribution is 5.92. The number of carbonyl (C=O) groups excluding carboxylic acids is 3. The van der Waals surface area contributed by atoms with E-state index < -0.39 is 36.3 Å². The number of aryl methyl sites for hydroxylation is 1. The van der Waals surface area contributed by atoms with Gasteiger partial charge in [-0.15, -0.1) is 0 Å². The number of rotatable bonds is 12. The van der Waals surface area contributed by atoms with E-state index in [-0.39, 0.29) is 18.2 Å². The van der Waals surface area contributed by atoms with E-state index in [2.05, 4.69) is 17.6 Å². The minimum Gasteiger partial charge on any atom is -0.508 e. The molecule has 0 bridgehead atoms. The third-order valence-corrected chi connectivity index (χ3v) is 5.10. The number of hydrogen-bond acceptors (Lipinski definition) is 6. The van der Waals surface area contributed by atoms with Gasteiger partial charge in [0.15, 0.2) is 0 Å². The fraction of sp³-hybridized carbons (Fsp3) is 0.640. The summed E-state index contributed by atoms with van der Waals surface area (Å²) in [5.41, 5.74) is 0.315. The molecule has 0 spiro atoms. The Morgan fingerprint density at radius 3 is 2.32 bits per heavy atom. The fourth-order valence-corrected chi connectivity index (χ4v) is 3.45. The Morgan fingerprint density at radius 1 is 1.12 bits per heavy atom. The summed E-state index contributed by atoms with van der Waals surface area (Å²) < 4.78 is 5.22. The van der Waals surface area contributed by atoms with Crippen molar-refractivity contribution >= 4 is 17.9 Å². The lowest BCUT2D eigenvalue weighted by molar-refractivity contribution is -0.143. The van der Waals surface area contributed by atoms with Crippen LogP contribution >= 0.6 is 0 Å². The Labute approximate surface area is 202 Å². The standard InChI is InChI=1S/C25H41N3O6/c1-7-9-10-13-26-22(31)21(18-11-12-20(30)17(3)15-18)28(14-8-2)23(32)19(16-29)27-24(33)34-25(4,5)6/h11-12,15,19,21,29-30H,7-10,13-14,16H2,1-6H3,(H,26,31)(H,27,33). The van der Waals surface area contributed by atoms with Crippen LogP contribution in [-0.4, -0.2) is 64.4 Å². The number of aliphatic hydroxyl groups excluding tert-OH is 1. The first-order valence-corrected chi connectivity index (χ1v) is 11.9. The van der Waals surface area contributed by atoms with Crippen molar-refractivity contribution in [1.82, 2.24) is 15.5 Å². The monoisotopic (exact) mass is 479 g/mol. The van der Waals surface area contributed by atoms with Gasteiger partial charge in [-0.1, -0.05) is 32.8 Å².